The second-order valence-electron chi connectivity index (χ2n) is 5.89. The van der Waals surface area contributed by atoms with Crippen molar-refractivity contribution in [2.24, 2.45) is 5.92 Å². The maximum atomic E-state index is 12.1. The molecule has 2 rings (SSSR count). The van der Waals surface area contributed by atoms with Gasteiger partial charge in [-0.1, -0.05) is 13.8 Å². The summed E-state index contributed by atoms with van der Waals surface area (Å²) in [7, 11) is 0. The Hall–Kier alpha value is -1.89. The number of rotatable bonds is 5. The molecule has 0 unspecified atom stereocenters. The predicted molar refractivity (Wildman–Crippen MR) is 84.4 cm³/mol. The van der Waals surface area contributed by atoms with Crippen LogP contribution < -0.4 is 10.6 Å². The minimum Gasteiger partial charge on any atom is -0.326 e. The van der Waals surface area contributed by atoms with E-state index in [4.69, 9.17) is 0 Å². The molecule has 0 atom stereocenters. The van der Waals surface area contributed by atoms with Crippen molar-refractivity contribution in [1.29, 1.82) is 0 Å². The molecule has 2 N–H and O–H groups in total. The Morgan fingerprint density at radius 1 is 1.48 bits per heavy atom. The van der Waals surface area contributed by atoms with Crippen LogP contribution in [0, 0.1) is 5.92 Å². The molecule has 2 amide bonds. The van der Waals surface area contributed by atoms with Gasteiger partial charge in [0, 0.05) is 24.3 Å². The summed E-state index contributed by atoms with van der Waals surface area (Å²) in [5, 5.41) is 12.7. The monoisotopic (exact) mass is 307 g/mol. The summed E-state index contributed by atoms with van der Waals surface area (Å²) in [6.07, 6.45) is 5.21. The molecule has 0 spiro atoms. The van der Waals surface area contributed by atoms with Crippen LogP contribution >= 0.6 is 11.3 Å². The predicted octanol–water partition coefficient (Wildman–Crippen LogP) is 3.05. The van der Waals surface area contributed by atoms with Crippen LogP contribution in [0.2, 0.25) is 0 Å². The molecule has 0 aliphatic rings. The van der Waals surface area contributed by atoms with Gasteiger partial charge in [0.1, 0.15) is 5.01 Å². The molecule has 0 aliphatic carbocycles. The van der Waals surface area contributed by atoms with E-state index in [0.717, 1.165) is 11.6 Å². The third kappa shape index (κ3) is 4.29. The number of nitrogens with one attached hydrogen (secondary N) is 2. The first kappa shape index (κ1) is 15.5. The summed E-state index contributed by atoms with van der Waals surface area (Å²) >= 11 is 1.52. The van der Waals surface area contributed by atoms with Crippen molar-refractivity contribution in [3.05, 3.63) is 29.0 Å². The highest BCUT2D eigenvalue weighted by molar-refractivity contribution is 7.09. The quantitative estimate of drug-likeness (QED) is 0.891. The highest BCUT2D eigenvalue weighted by Gasteiger charge is 2.25. The van der Waals surface area contributed by atoms with Crippen LogP contribution in [0.4, 0.5) is 10.5 Å². The fourth-order valence-corrected chi connectivity index (χ4v) is 2.65. The summed E-state index contributed by atoms with van der Waals surface area (Å²) in [6.45, 7) is 8.92. The second kappa shape index (κ2) is 6.26. The molecule has 0 fully saturated rings. The summed E-state index contributed by atoms with van der Waals surface area (Å²) in [5.74, 6) is 0.510. The molecule has 6 nitrogen and oxygen atoms in total. The van der Waals surface area contributed by atoms with E-state index in [0.29, 0.717) is 11.6 Å². The van der Waals surface area contributed by atoms with Crippen molar-refractivity contribution in [1.82, 2.24) is 20.1 Å². The van der Waals surface area contributed by atoms with E-state index in [1.165, 1.54) is 11.3 Å². The van der Waals surface area contributed by atoms with E-state index >= 15 is 0 Å². The van der Waals surface area contributed by atoms with Crippen LogP contribution in [-0.4, -0.2) is 20.8 Å². The largest absolute Gasteiger partial charge is 0.326 e. The fourth-order valence-electron chi connectivity index (χ4n) is 1.93. The zero-order valence-electron chi connectivity index (χ0n) is 12.8. The zero-order valence-corrected chi connectivity index (χ0v) is 13.6. The third-order valence-corrected chi connectivity index (χ3v) is 3.93. The van der Waals surface area contributed by atoms with E-state index in [2.05, 4.69) is 34.6 Å². The van der Waals surface area contributed by atoms with Crippen LogP contribution in [0.1, 0.15) is 32.7 Å². The number of urea groups is 1. The van der Waals surface area contributed by atoms with Gasteiger partial charge in [0.25, 0.3) is 0 Å². The number of aromatic nitrogens is 3. The van der Waals surface area contributed by atoms with Crippen molar-refractivity contribution >= 4 is 23.1 Å². The summed E-state index contributed by atoms with van der Waals surface area (Å²) in [6, 6.07) is -0.265. The van der Waals surface area contributed by atoms with Crippen molar-refractivity contribution in [3.8, 4) is 0 Å². The number of amides is 2. The molecule has 114 valence electrons. The van der Waals surface area contributed by atoms with E-state index in [-0.39, 0.29) is 6.03 Å². The van der Waals surface area contributed by atoms with Gasteiger partial charge in [0.2, 0.25) is 0 Å². The van der Waals surface area contributed by atoms with Crippen LogP contribution in [0.25, 0.3) is 0 Å². The molecule has 0 aromatic carbocycles. The lowest BCUT2D eigenvalue weighted by atomic mass is 10.1. The summed E-state index contributed by atoms with van der Waals surface area (Å²) in [4.78, 5) is 16.3. The van der Waals surface area contributed by atoms with Gasteiger partial charge in [-0.05, 0) is 19.8 Å². The number of carbonyl (C=O) groups is 1. The van der Waals surface area contributed by atoms with Gasteiger partial charge in [0.05, 0.1) is 17.4 Å². The topological polar surface area (TPSA) is 71.8 Å². The molecule has 2 aromatic heterocycles. The van der Waals surface area contributed by atoms with Gasteiger partial charge in [-0.2, -0.15) is 5.10 Å². The number of hydrogen-bond donors (Lipinski definition) is 2. The molecular weight excluding hydrogens is 286 g/mol. The highest BCUT2D eigenvalue weighted by Crippen LogP contribution is 2.22. The average molecular weight is 307 g/mol. The van der Waals surface area contributed by atoms with Crippen molar-refractivity contribution in [2.45, 2.75) is 39.8 Å². The van der Waals surface area contributed by atoms with Gasteiger partial charge in [-0.25, -0.2) is 9.78 Å². The van der Waals surface area contributed by atoms with Gasteiger partial charge in [-0.3, -0.25) is 4.68 Å². The smallest absolute Gasteiger partial charge is 0.320 e. The molecule has 21 heavy (non-hydrogen) atoms. The van der Waals surface area contributed by atoms with Crippen molar-refractivity contribution in [3.63, 3.8) is 0 Å². The van der Waals surface area contributed by atoms with Crippen LogP contribution in [-0.2, 0) is 12.1 Å². The molecule has 0 bridgehead atoms. The minimum absolute atomic E-state index is 0.265. The molecule has 0 saturated carbocycles. The van der Waals surface area contributed by atoms with E-state index in [9.17, 15) is 4.79 Å². The Morgan fingerprint density at radius 3 is 2.86 bits per heavy atom. The number of thiazole rings is 1. The van der Waals surface area contributed by atoms with E-state index < -0.39 is 5.54 Å². The molecular formula is C14H21N5OS. The van der Waals surface area contributed by atoms with E-state index in [1.54, 1.807) is 12.4 Å². The van der Waals surface area contributed by atoms with Crippen LogP contribution in [0.3, 0.4) is 0 Å². The Bertz CT molecular complexity index is 588. The third-order valence-electron chi connectivity index (χ3n) is 2.84. The molecule has 0 aliphatic heterocycles. The lowest BCUT2D eigenvalue weighted by Crippen LogP contribution is -2.43. The van der Waals surface area contributed by atoms with Crippen LogP contribution in [0.5, 0.6) is 0 Å². The fraction of sp³-hybridized carbons (Fsp3) is 0.500. The number of anilines is 1. The normalized spacial score (nSPS) is 11.7. The first-order valence-corrected chi connectivity index (χ1v) is 7.76. The first-order chi connectivity index (χ1) is 9.87. The maximum Gasteiger partial charge on any atom is 0.320 e. The lowest BCUT2D eigenvalue weighted by Gasteiger charge is -2.23. The van der Waals surface area contributed by atoms with E-state index in [1.807, 2.05) is 30.1 Å². The maximum absolute atomic E-state index is 12.1. The molecule has 0 radical (unpaired) electrons. The molecule has 2 heterocycles. The average Bonchev–Trinajstić information content (AvgIpc) is 2.98. The Kier molecular flexibility index (Phi) is 4.62. The Morgan fingerprint density at radius 2 is 2.24 bits per heavy atom. The van der Waals surface area contributed by atoms with Gasteiger partial charge >= 0.3 is 6.03 Å². The zero-order chi connectivity index (χ0) is 15.5. The SMILES string of the molecule is CC(C)Cn1cc(NC(=O)NC(C)(C)c2nccs2)cn1. The van der Waals surface area contributed by atoms with Gasteiger partial charge < -0.3 is 10.6 Å². The number of hydrogen-bond acceptors (Lipinski definition) is 4. The van der Waals surface area contributed by atoms with Crippen LogP contribution in [0.15, 0.2) is 24.0 Å². The Balaban J connectivity index is 1.94. The second-order valence-corrected chi connectivity index (χ2v) is 6.78. The lowest BCUT2D eigenvalue weighted by molar-refractivity contribution is 0.242. The highest BCUT2D eigenvalue weighted by atomic mass is 32.1. The first-order valence-electron chi connectivity index (χ1n) is 6.88. The van der Waals surface area contributed by atoms with Gasteiger partial charge in [-0.15, -0.1) is 11.3 Å². The van der Waals surface area contributed by atoms with Gasteiger partial charge in [0.15, 0.2) is 0 Å². The summed E-state index contributed by atoms with van der Waals surface area (Å²) in [5.41, 5.74) is 0.176. The number of nitrogens with zero attached hydrogens (tertiary/aromatic N) is 3. The molecule has 7 heteroatoms. The van der Waals surface area contributed by atoms with Crippen molar-refractivity contribution in [2.75, 3.05) is 5.32 Å². The minimum atomic E-state index is -0.508. The standard InChI is InChI=1S/C14H21N5OS/c1-10(2)8-19-9-11(7-16-19)17-13(20)18-14(3,4)12-15-5-6-21-12/h5-7,9-10H,8H2,1-4H3,(H2,17,18,20). The summed E-state index contributed by atoms with van der Waals surface area (Å²) < 4.78 is 1.83. The number of carbonyl (C=O) groups excluding carboxylic acids is 1. The van der Waals surface area contributed by atoms with Crippen molar-refractivity contribution < 1.29 is 4.79 Å². The molecule has 2 aromatic rings. The molecule has 0 saturated heterocycles. The Labute approximate surface area is 128 Å².